The number of amides is 2. The maximum atomic E-state index is 13.3. The van der Waals surface area contributed by atoms with Gasteiger partial charge in [-0.3, -0.25) is 9.59 Å². The summed E-state index contributed by atoms with van der Waals surface area (Å²) in [7, 11) is 0. The van der Waals surface area contributed by atoms with Crippen LogP contribution in [0, 0.1) is 5.82 Å². The van der Waals surface area contributed by atoms with Crippen LogP contribution in [0.1, 0.15) is 6.42 Å². The predicted molar refractivity (Wildman–Crippen MR) is 94.5 cm³/mol. The van der Waals surface area contributed by atoms with E-state index in [2.05, 4.69) is 10.6 Å². The predicted octanol–water partition coefficient (Wildman–Crippen LogP) is 1.91. The molecule has 2 aromatic carbocycles. The Morgan fingerprint density at radius 1 is 0.885 bits per heavy atom. The van der Waals surface area contributed by atoms with Gasteiger partial charge in [-0.1, -0.05) is 30.3 Å². The smallest absolute Gasteiger partial charge is 0.258 e. The average Bonchev–Trinajstić information content (AvgIpc) is 2.66. The minimum Gasteiger partial charge on any atom is -0.490 e. The first-order valence-corrected chi connectivity index (χ1v) is 8.24. The lowest BCUT2D eigenvalue weighted by atomic mass is 10.3. The van der Waals surface area contributed by atoms with Crippen molar-refractivity contribution >= 4 is 11.8 Å². The Hall–Kier alpha value is -3.09. The van der Waals surface area contributed by atoms with Crippen LogP contribution in [-0.4, -0.2) is 38.1 Å². The molecule has 2 N–H and O–H groups in total. The lowest BCUT2D eigenvalue weighted by Crippen LogP contribution is -2.39. The number of carbonyl (C=O) groups excluding carboxylic acids is 2. The molecule has 0 saturated heterocycles. The Morgan fingerprint density at radius 2 is 1.62 bits per heavy atom. The molecule has 138 valence electrons. The van der Waals surface area contributed by atoms with E-state index in [1.807, 2.05) is 6.07 Å². The number of benzene rings is 2. The SMILES string of the molecule is O=C(CNC(=O)COc1ccccc1)NCCCOc1ccccc1F. The van der Waals surface area contributed by atoms with Crippen molar-refractivity contribution in [3.05, 3.63) is 60.4 Å². The molecular weight excluding hydrogens is 339 g/mol. The van der Waals surface area contributed by atoms with Crippen LogP contribution in [0.3, 0.4) is 0 Å². The third kappa shape index (κ3) is 7.21. The van der Waals surface area contributed by atoms with E-state index in [9.17, 15) is 14.0 Å². The van der Waals surface area contributed by atoms with Crippen molar-refractivity contribution in [2.75, 3.05) is 26.3 Å². The molecule has 0 spiro atoms. The molecule has 0 fully saturated rings. The third-order valence-electron chi connectivity index (χ3n) is 3.30. The van der Waals surface area contributed by atoms with Gasteiger partial charge in [-0.25, -0.2) is 4.39 Å². The van der Waals surface area contributed by atoms with Crippen molar-refractivity contribution in [3.8, 4) is 11.5 Å². The number of hydrogen-bond donors (Lipinski definition) is 2. The maximum Gasteiger partial charge on any atom is 0.258 e. The number of ether oxygens (including phenoxy) is 2. The number of hydrogen-bond acceptors (Lipinski definition) is 4. The first-order chi connectivity index (χ1) is 12.6. The van der Waals surface area contributed by atoms with E-state index >= 15 is 0 Å². The number of para-hydroxylation sites is 2. The second-order valence-electron chi connectivity index (χ2n) is 5.36. The Morgan fingerprint density at radius 3 is 2.38 bits per heavy atom. The lowest BCUT2D eigenvalue weighted by Gasteiger charge is -2.09. The molecular formula is C19H21FN2O4. The molecule has 0 aromatic heterocycles. The van der Waals surface area contributed by atoms with Crippen molar-refractivity contribution in [2.24, 2.45) is 0 Å². The van der Waals surface area contributed by atoms with Gasteiger partial charge in [0.2, 0.25) is 5.91 Å². The molecule has 0 saturated carbocycles. The summed E-state index contributed by atoms with van der Waals surface area (Å²) in [4.78, 5) is 23.3. The molecule has 6 nitrogen and oxygen atoms in total. The largest absolute Gasteiger partial charge is 0.490 e. The van der Waals surface area contributed by atoms with Gasteiger partial charge in [0, 0.05) is 6.54 Å². The number of carbonyl (C=O) groups is 2. The van der Waals surface area contributed by atoms with Crippen LogP contribution in [0.25, 0.3) is 0 Å². The van der Waals surface area contributed by atoms with Crippen LogP contribution >= 0.6 is 0 Å². The van der Waals surface area contributed by atoms with Gasteiger partial charge in [0.05, 0.1) is 13.2 Å². The van der Waals surface area contributed by atoms with Gasteiger partial charge < -0.3 is 20.1 Å². The van der Waals surface area contributed by atoms with Crippen LogP contribution in [0.5, 0.6) is 11.5 Å². The molecule has 0 aliphatic rings. The van der Waals surface area contributed by atoms with Gasteiger partial charge in [-0.15, -0.1) is 0 Å². The zero-order valence-corrected chi connectivity index (χ0v) is 14.2. The summed E-state index contributed by atoms with van der Waals surface area (Å²) in [5.74, 6) is -0.348. The Bertz CT molecular complexity index is 710. The molecule has 0 unspecified atom stereocenters. The van der Waals surface area contributed by atoms with E-state index in [4.69, 9.17) is 9.47 Å². The topological polar surface area (TPSA) is 76.7 Å². The Labute approximate surface area is 151 Å². The fourth-order valence-corrected chi connectivity index (χ4v) is 2.00. The van der Waals surface area contributed by atoms with E-state index in [0.717, 1.165) is 0 Å². The number of nitrogens with one attached hydrogen (secondary N) is 2. The quantitative estimate of drug-likeness (QED) is 0.635. The lowest BCUT2D eigenvalue weighted by molar-refractivity contribution is -0.127. The van der Waals surface area contributed by atoms with Crippen LogP contribution < -0.4 is 20.1 Å². The fourth-order valence-electron chi connectivity index (χ4n) is 2.00. The van der Waals surface area contributed by atoms with Crippen molar-refractivity contribution in [1.29, 1.82) is 0 Å². The summed E-state index contributed by atoms with van der Waals surface area (Å²) < 4.78 is 23.9. The standard InChI is InChI=1S/C19H21FN2O4/c20-16-9-4-5-10-17(16)25-12-6-11-21-18(23)13-22-19(24)14-26-15-7-2-1-3-8-15/h1-5,7-10H,6,11-14H2,(H,21,23)(H,22,24). The van der Waals surface area contributed by atoms with Gasteiger partial charge >= 0.3 is 0 Å². The zero-order valence-electron chi connectivity index (χ0n) is 14.2. The van der Waals surface area contributed by atoms with Crippen LogP contribution in [0.15, 0.2) is 54.6 Å². The Kier molecular flexibility index (Phi) is 7.92. The molecule has 0 radical (unpaired) electrons. The summed E-state index contributed by atoms with van der Waals surface area (Å²) in [5.41, 5.74) is 0. The van der Waals surface area contributed by atoms with Crippen molar-refractivity contribution < 1.29 is 23.5 Å². The van der Waals surface area contributed by atoms with E-state index < -0.39 is 5.82 Å². The first kappa shape index (κ1) is 19.2. The number of rotatable bonds is 10. The molecule has 0 heterocycles. The van der Waals surface area contributed by atoms with E-state index in [-0.39, 0.29) is 37.3 Å². The Balaban J connectivity index is 1.52. The highest BCUT2D eigenvalue weighted by atomic mass is 19.1. The summed E-state index contributed by atoms with van der Waals surface area (Å²) in [6, 6.07) is 15.1. The van der Waals surface area contributed by atoms with Crippen LogP contribution in [0.4, 0.5) is 4.39 Å². The van der Waals surface area contributed by atoms with Crippen molar-refractivity contribution in [1.82, 2.24) is 10.6 Å². The highest BCUT2D eigenvalue weighted by Gasteiger charge is 2.06. The molecule has 2 amide bonds. The minimum absolute atomic E-state index is 0.134. The number of halogens is 1. The summed E-state index contributed by atoms with van der Waals surface area (Å²) in [6.45, 7) is 0.348. The van der Waals surface area contributed by atoms with Crippen LogP contribution in [-0.2, 0) is 9.59 Å². The molecule has 2 aromatic rings. The maximum absolute atomic E-state index is 13.3. The second kappa shape index (κ2) is 10.7. The normalized spacial score (nSPS) is 10.0. The summed E-state index contributed by atoms with van der Waals surface area (Å²) >= 11 is 0. The van der Waals surface area contributed by atoms with Gasteiger partial charge in [0.1, 0.15) is 5.75 Å². The summed E-state index contributed by atoms with van der Waals surface area (Å²) in [6.07, 6.45) is 0.519. The van der Waals surface area contributed by atoms with E-state index in [0.29, 0.717) is 18.7 Å². The van der Waals surface area contributed by atoms with E-state index in [1.165, 1.54) is 6.07 Å². The van der Waals surface area contributed by atoms with Gasteiger partial charge in [-0.2, -0.15) is 0 Å². The molecule has 0 atom stereocenters. The second-order valence-corrected chi connectivity index (χ2v) is 5.36. The molecule has 0 bridgehead atoms. The monoisotopic (exact) mass is 360 g/mol. The molecule has 26 heavy (non-hydrogen) atoms. The van der Waals surface area contributed by atoms with Gasteiger partial charge in [0.25, 0.3) is 5.91 Å². The molecule has 7 heteroatoms. The highest BCUT2D eigenvalue weighted by molar-refractivity contribution is 5.85. The highest BCUT2D eigenvalue weighted by Crippen LogP contribution is 2.15. The molecule has 2 rings (SSSR count). The minimum atomic E-state index is -0.419. The van der Waals surface area contributed by atoms with Crippen molar-refractivity contribution in [2.45, 2.75) is 6.42 Å². The van der Waals surface area contributed by atoms with Gasteiger partial charge in [-0.05, 0) is 30.7 Å². The third-order valence-corrected chi connectivity index (χ3v) is 3.30. The fraction of sp³-hybridized carbons (Fsp3) is 0.263. The molecule has 0 aliphatic carbocycles. The van der Waals surface area contributed by atoms with Crippen molar-refractivity contribution in [3.63, 3.8) is 0 Å². The van der Waals surface area contributed by atoms with Crippen LogP contribution in [0.2, 0.25) is 0 Å². The average molecular weight is 360 g/mol. The van der Waals surface area contributed by atoms with Gasteiger partial charge in [0.15, 0.2) is 18.2 Å². The molecule has 0 aliphatic heterocycles. The first-order valence-electron chi connectivity index (χ1n) is 8.24. The van der Waals surface area contributed by atoms with E-state index in [1.54, 1.807) is 42.5 Å². The summed E-state index contributed by atoms with van der Waals surface area (Å²) in [5, 5.41) is 5.11. The zero-order chi connectivity index (χ0) is 18.6.